The number of allylic oxidation sites excluding steroid dienone is 1. The Balaban J connectivity index is 2.10. The van der Waals surface area contributed by atoms with Crippen LogP contribution in [0.2, 0.25) is 0 Å². The Morgan fingerprint density at radius 3 is 2.78 bits per heavy atom. The lowest BCUT2D eigenvalue weighted by molar-refractivity contribution is 0.144. The van der Waals surface area contributed by atoms with Gasteiger partial charge >= 0.3 is 6.16 Å². The molecule has 1 aromatic heterocycles. The molecule has 118 valence electrons. The van der Waals surface area contributed by atoms with E-state index < -0.39 is 34.7 Å². The number of aromatic nitrogens is 1. The molecule has 4 rings (SSSR count). The molecule has 6 nitrogen and oxygen atoms in total. The number of pyridine rings is 1. The van der Waals surface area contributed by atoms with Crippen molar-refractivity contribution in [3.63, 3.8) is 0 Å². The van der Waals surface area contributed by atoms with Crippen molar-refractivity contribution in [1.29, 1.82) is 0 Å². The second-order valence-electron chi connectivity index (χ2n) is 5.39. The van der Waals surface area contributed by atoms with E-state index in [0.29, 0.717) is 5.70 Å². The molecule has 8 heteroatoms. The van der Waals surface area contributed by atoms with Crippen molar-refractivity contribution in [1.82, 2.24) is 4.57 Å². The fourth-order valence-corrected chi connectivity index (χ4v) is 2.70. The molecule has 0 bridgehead atoms. The first kappa shape index (κ1) is 13.7. The maximum absolute atomic E-state index is 14.0. The van der Waals surface area contributed by atoms with Crippen molar-refractivity contribution in [3.8, 4) is 11.5 Å². The van der Waals surface area contributed by atoms with Gasteiger partial charge in [0.05, 0.1) is 17.3 Å². The molecule has 1 saturated carbocycles. The highest BCUT2D eigenvalue weighted by Crippen LogP contribution is 2.44. The summed E-state index contributed by atoms with van der Waals surface area (Å²) >= 11 is 0. The van der Waals surface area contributed by atoms with Crippen molar-refractivity contribution in [2.75, 3.05) is 0 Å². The van der Waals surface area contributed by atoms with E-state index in [1.807, 2.05) is 0 Å². The fourth-order valence-electron chi connectivity index (χ4n) is 2.70. The molecule has 2 aromatic rings. The van der Waals surface area contributed by atoms with Crippen LogP contribution in [0.4, 0.5) is 13.6 Å². The maximum atomic E-state index is 14.0. The van der Waals surface area contributed by atoms with Crippen LogP contribution < -0.4 is 14.9 Å². The summed E-state index contributed by atoms with van der Waals surface area (Å²) in [6, 6.07) is 0.723. The minimum absolute atomic E-state index is 0.0658. The van der Waals surface area contributed by atoms with Gasteiger partial charge in [-0.1, -0.05) is 0 Å². The first-order valence-electron chi connectivity index (χ1n) is 6.82. The van der Waals surface area contributed by atoms with E-state index in [0.717, 1.165) is 18.9 Å². The van der Waals surface area contributed by atoms with E-state index >= 15 is 0 Å². The number of hydrogen-bond acceptors (Lipinski definition) is 4. The van der Waals surface area contributed by atoms with E-state index in [1.165, 1.54) is 17.0 Å². The van der Waals surface area contributed by atoms with Gasteiger partial charge in [-0.2, -0.15) is 4.39 Å². The van der Waals surface area contributed by atoms with Crippen molar-refractivity contribution in [2.24, 2.45) is 5.92 Å². The molecule has 0 unspecified atom stereocenters. The summed E-state index contributed by atoms with van der Waals surface area (Å²) in [6.07, 6.45) is 2.57. The smallest absolute Gasteiger partial charge is 0.458 e. The fraction of sp³-hybridized carbons (Fsp3) is 0.200. The molecule has 2 heterocycles. The second kappa shape index (κ2) is 4.55. The molecule has 2 aliphatic rings. The zero-order valence-corrected chi connectivity index (χ0v) is 11.5. The van der Waals surface area contributed by atoms with Crippen LogP contribution >= 0.6 is 0 Å². The molecule has 0 amide bonds. The number of carboxylic acid groups (broad SMARTS) is 1. The van der Waals surface area contributed by atoms with E-state index in [9.17, 15) is 18.4 Å². The Labute approximate surface area is 127 Å². The van der Waals surface area contributed by atoms with E-state index in [2.05, 4.69) is 4.74 Å². The van der Waals surface area contributed by atoms with Crippen LogP contribution in [0.1, 0.15) is 12.8 Å². The zero-order valence-electron chi connectivity index (χ0n) is 11.5. The van der Waals surface area contributed by atoms with Crippen LogP contribution in [0.15, 0.2) is 23.3 Å². The van der Waals surface area contributed by atoms with Gasteiger partial charge in [-0.05, 0) is 18.9 Å². The van der Waals surface area contributed by atoms with Crippen LogP contribution in [0.5, 0.6) is 11.5 Å². The number of rotatable bonds is 2. The highest BCUT2D eigenvalue weighted by Gasteiger charge is 2.33. The van der Waals surface area contributed by atoms with Gasteiger partial charge in [0.15, 0.2) is 17.3 Å². The standard InChI is InChI=1S/C15H9F2NO5/c16-8-3-7-12-14(11(8)17)22-5-9(6-1-2-6)18(12)4-10(13(7)19)23-15(20)21/h3-6H,1-2H2,(H,20,21). The lowest BCUT2D eigenvalue weighted by Gasteiger charge is -2.22. The lowest BCUT2D eigenvalue weighted by Crippen LogP contribution is -2.19. The number of nitrogens with zero attached hydrogens (tertiary/aromatic N) is 1. The predicted octanol–water partition coefficient (Wildman–Crippen LogP) is 2.94. The third-order valence-corrected chi connectivity index (χ3v) is 3.87. The highest BCUT2D eigenvalue weighted by atomic mass is 19.2. The third-order valence-electron chi connectivity index (χ3n) is 3.87. The van der Waals surface area contributed by atoms with Gasteiger partial charge in [-0.25, -0.2) is 9.18 Å². The number of carbonyl (C=O) groups is 1. The summed E-state index contributed by atoms with van der Waals surface area (Å²) < 4.78 is 38.8. The molecule has 0 atom stereocenters. The number of ether oxygens (including phenoxy) is 2. The van der Waals surface area contributed by atoms with Crippen LogP contribution in [0.25, 0.3) is 16.6 Å². The van der Waals surface area contributed by atoms with Gasteiger partial charge < -0.3 is 19.1 Å². The van der Waals surface area contributed by atoms with E-state index in [4.69, 9.17) is 9.84 Å². The van der Waals surface area contributed by atoms with Crippen molar-refractivity contribution >= 4 is 22.8 Å². The van der Waals surface area contributed by atoms with Crippen molar-refractivity contribution < 1.29 is 28.2 Å². The lowest BCUT2D eigenvalue weighted by atomic mass is 10.1. The Kier molecular flexibility index (Phi) is 2.72. The largest absolute Gasteiger partial charge is 0.511 e. The molecular formula is C15H9F2NO5. The summed E-state index contributed by atoms with van der Waals surface area (Å²) in [5.41, 5.74) is -0.140. The van der Waals surface area contributed by atoms with Gasteiger partial charge in [0.1, 0.15) is 11.8 Å². The van der Waals surface area contributed by atoms with Crippen LogP contribution in [-0.4, -0.2) is 15.8 Å². The first-order valence-corrected chi connectivity index (χ1v) is 6.82. The normalized spacial score (nSPS) is 16.0. The summed E-state index contributed by atoms with van der Waals surface area (Å²) in [6.45, 7) is 0. The highest BCUT2D eigenvalue weighted by molar-refractivity contribution is 5.90. The average Bonchev–Trinajstić information content (AvgIpc) is 3.32. The minimum atomic E-state index is -1.67. The second-order valence-corrected chi connectivity index (χ2v) is 5.39. The van der Waals surface area contributed by atoms with Gasteiger partial charge in [-0.3, -0.25) is 4.79 Å². The Morgan fingerprint density at radius 1 is 1.39 bits per heavy atom. The van der Waals surface area contributed by atoms with Crippen LogP contribution in [-0.2, 0) is 0 Å². The summed E-state index contributed by atoms with van der Waals surface area (Å²) in [7, 11) is 0. The molecule has 0 saturated heterocycles. The molecule has 0 radical (unpaired) electrons. The zero-order chi connectivity index (χ0) is 16.3. The average molecular weight is 321 g/mol. The SMILES string of the molecule is O=C(O)Oc1cn2c3c(c(F)c(F)cc3c1=O)OC=C2C1CC1. The summed E-state index contributed by atoms with van der Waals surface area (Å²) in [5.74, 6) is -3.19. The van der Waals surface area contributed by atoms with Crippen LogP contribution in [0, 0.1) is 17.6 Å². The number of hydrogen-bond donors (Lipinski definition) is 1. The van der Waals surface area contributed by atoms with E-state index in [1.54, 1.807) is 0 Å². The third kappa shape index (κ3) is 1.98. The number of halogens is 2. The summed E-state index contributed by atoms with van der Waals surface area (Å²) in [4.78, 5) is 23.0. The molecule has 1 N–H and O–H groups in total. The van der Waals surface area contributed by atoms with Gasteiger partial charge in [0.25, 0.3) is 0 Å². The topological polar surface area (TPSA) is 77.8 Å². The number of benzene rings is 1. The van der Waals surface area contributed by atoms with Gasteiger partial charge in [-0.15, -0.1) is 0 Å². The molecule has 0 spiro atoms. The van der Waals surface area contributed by atoms with Gasteiger partial charge in [0, 0.05) is 5.92 Å². The Bertz CT molecular complexity index is 959. The Hall–Kier alpha value is -2.90. The van der Waals surface area contributed by atoms with Crippen LogP contribution in [0.3, 0.4) is 0 Å². The predicted molar refractivity (Wildman–Crippen MR) is 74.4 cm³/mol. The monoisotopic (exact) mass is 321 g/mol. The van der Waals surface area contributed by atoms with Gasteiger partial charge in [0.2, 0.25) is 11.2 Å². The summed E-state index contributed by atoms with van der Waals surface area (Å²) in [5, 5.41) is 8.53. The minimum Gasteiger partial charge on any atom is -0.458 e. The molecular weight excluding hydrogens is 312 g/mol. The molecule has 23 heavy (non-hydrogen) atoms. The quantitative estimate of drug-likeness (QED) is 0.861. The van der Waals surface area contributed by atoms with Crippen molar-refractivity contribution in [3.05, 3.63) is 40.4 Å². The molecule has 1 aromatic carbocycles. The maximum Gasteiger partial charge on any atom is 0.511 e. The molecule has 1 aliphatic carbocycles. The molecule has 1 aliphatic heterocycles. The van der Waals surface area contributed by atoms with Crippen molar-refractivity contribution in [2.45, 2.75) is 12.8 Å². The first-order chi connectivity index (χ1) is 11.0. The van der Waals surface area contributed by atoms with E-state index in [-0.39, 0.29) is 16.8 Å². The molecule has 1 fully saturated rings. The Morgan fingerprint density at radius 2 is 2.13 bits per heavy atom.